The van der Waals surface area contributed by atoms with E-state index in [0.717, 1.165) is 16.8 Å². The lowest BCUT2D eigenvalue weighted by Crippen LogP contribution is -1.81. The van der Waals surface area contributed by atoms with Gasteiger partial charge < -0.3 is 5.11 Å². The number of aromatic nitrogens is 2. The summed E-state index contributed by atoms with van der Waals surface area (Å²) in [5, 5.41) is 16.8. The largest absolute Gasteiger partial charge is 0.507 e. The Kier molecular flexibility index (Phi) is 2.99. The van der Waals surface area contributed by atoms with Crippen LogP contribution in [0.4, 0.5) is 4.39 Å². The van der Waals surface area contributed by atoms with Crippen LogP contribution in [0, 0.1) is 12.7 Å². The van der Waals surface area contributed by atoms with Crippen molar-refractivity contribution in [3.8, 4) is 28.3 Å². The van der Waals surface area contributed by atoms with Gasteiger partial charge in [-0.3, -0.25) is 5.10 Å². The third kappa shape index (κ3) is 2.28. The molecule has 0 saturated heterocycles. The molecule has 1 aromatic heterocycles. The van der Waals surface area contributed by atoms with E-state index in [1.54, 1.807) is 6.07 Å². The Balaban J connectivity index is 2.04. The molecule has 0 fully saturated rings. The molecule has 2 N–H and O–H groups in total. The van der Waals surface area contributed by atoms with E-state index in [0.29, 0.717) is 11.3 Å². The predicted octanol–water partition coefficient (Wildman–Crippen LogP) is 3.90. The maximum absolute atomic E-state index is 13.3. The van der Waals surface area contributed by atoms with Crippen LogP contribution in [0.1, 0.15) is 5.56 Å². The highest BCUT2D eigenvalue weighted by Gasteiger charge is 2.10. The minimum atomic E-state index is -0.399. The van der Waals surface area contributed by atoms with Crippen molar-refractivity contribution in [2.45, 2.75) is 6.92 Å². The van der Waals surface area contributed by atoms with Gasteiger partial charge in [0.2, 0.25) is 0 Å². The lowest BCUT2D eigenvalue weighted by Gasteiger charge is -2.01. The highest BCUT2D eigenvalue weighted by atomic mass is 19.1. The fourth-order valence-corrected chi connectivity index (χ4v) is 2.14. The second-order valence-electron chi connectivity index (χ2n) is 4.70. The summed E-state index contributed by atoms with van der Waals surface area (Å²) in [4.78, 5) is 0. The topological polar surface area (TPSA) is 48.9 Å². The molecule has 0 aliphatic carbocycles. The smallest absolute Gasteiger partial charge is 0.125 e. The minimum absolute atomic E-state index is 0.0193. The van der Waals surface area contributed by atoms with Gasteiger partial charge in [0.05, 0.1) is 11.4 Å². The van der Waals surface area contributed by atoms with Gasteiger partial charge in [-0.1, -0.05) is 23.8 Å². The Labute approximate surface area is 115 Å². The maximum Gasteiger partial charge on any atom is 0.125 e. The molecule has 2 aromatic carbocycles. The molecule has 0 radical (unpaired) electrons. The summed E-state index contributed by atoms with van der Waals surface area (Å²) in [6, 6.07) is 13.6. The van der Waals surface area contributed by atoms with Crippen molar-refractivity contribution in [3.63, 3.8) is 0 Å². The van der Waals surface area contributed by atoms with Gasteiger partial charge in [0.15, 0.2) is 0 Å². The average molecular weight is 268 g/mol. The molecule has 0 spiro atoms. The van der Waals surface area contributed by atoms with Crippen LogP contribution in [0.3, 0.4) is 0 Å². The van der Waals surface area contributed by atoms with Crippen molar-refractivity contribution in [2.24, 2.45) is 0 Å². The van der Waals surface area contributed by atoms with Crippen molar-refractivity contribution in [1.29, 1.82) is 0 Å². The van der Waals surface area contributed by atoms with E-state index in [4.69, 9.17) is 0 Å². The zero-order valence-corrected chi connectivity index (χ0v) is 10.9. The zero-order valence-electron chi connectivity index (χ0n) is 10.9. The van der Waals surface area contributed by atoms with Gasteiger partial charge in [-0.2, -0.15) is 5.10 Å². The molecule has 0 saturated carbocycles. The number of halogens is 1. The standard InChI is InChI=1S/C16H13FN2O/c1-10-3-2-4-11(7-10)14-9-15(19-18-14)13-8-12(17)5-6-16(13)20/h2-9,20H,1H3,(H,18,19). The summed E-state index contributed by atoms with van der Waals surface area (Å²) >= 11 is 0. The molecule has 0 atom stereocenters. The van der Waals surface area contributed by atoms with E-state index < -0.39 is 5.82 Å². The van der Waals surface area contributed by atoms with Crippen LogP contribution in [0.5, 0.6) is 5.75 Å². The number of phenols is 1. The summed E-state index contributed by atoms with van der Waals surface area (Å²) in [5.74, 6) is -0.379. The molecule has 3 nitrogen and oxygen atoms in total. The van der Waals surface area contributed by atoms with E-state index in [2.05, 4.69) is 10.2 Å². The number of hydrogen-bond donors (Lipinski definition) is 2. The van der Waals surface area contributed by atoms with Crippen LogP contribution in [-0.4, -0.2) is 15.3 Å². The number of nitrogens with zero attached hydrogens (tertiary/aromatic N) is 1. The van der Waals surface area contributed by atoms with Gasteiger partial charge in [-0.25, -0.2) is 4.39 Å². The molecular formula is C16H13FN2O. The first kappa shape index (κ1) is 12.4. The number of phenolic OH excluding ortho intramolecular Hbond substituents is 1. The SMILES string of the molecule is Cc1cccc(-c2cc(-c3cc(F)ccc3O)[nH]n2)c1. The molecule has 4 heteroatoms. The lowest BCUT2D eigenvalue weighted by molar-refractivity contribution is 0.475. The highest BCUT2D eigenvalue weighted by molar-refractivity contribution is 5.72. The summed E-state index contributed by atoms with van der Waals surface area (Å²) in [6.07, 6.45) is 0. The summed E-state index contributed by atoms with van der Waals surface area (Å²) < 4.78 is 13.3. The monoisotopic (exact) mass is 268 g/mol. The van der Waals surface area contributed by atoms with Crippen LogP contribution in [0.15, 0.2) is 48.5 Å². The maximum atomic E-state index is 13.3. The summed E-state index contributed by atoms with van der Waals surface area (Å²) in [6.45, 7) is 2.01. The number of aryl methyl sites for hydroxylation is 1. The molecule has 3 rings (SSSR count). The molecule has 3 aromatic rings. The van der Waals surface area contributed by atoms with Crippen molar-refractivity contribution < 1.29 is 9.50 Å². The molecular weight excluding hydrogens is 255 g/mol. The number of benzene rings is 2. The Morgan fingerprint density at radius 2 is 1.95 bits per heavy atom. The van der Waals surface area contributed by atoms with Crippen molar-refractivity contribution in [1.82, 2.24) is 10.2 Å². The third-order valence-electron chi connectivity index (χ3n) is 3.14. The second kappa shape index (κ2) is 4.81. The van der Waals surface area contributed by atoms with Crippen molar-refractivity contribution in [2.75, 3.05) is 0 Å². The summed E-state index contributed by atoms with van der Waals surface area (Å²) in [5.41, 5.74) is 3.85. The first-order chi connectivity index (χ1) is 9.63. The first-order valence-electron chi connectivity index (χ1n) is 6.25. The summed E-state index contributed by atoms with van der Waals surface area (Å²) in [7, 11) is 0. The Morgan fingerprint density at radius 3 is 2.75 bits per heavy atom. The van der Waals surface area contributed by atoms with Crippen LogP contribution in [-0.2, 0) is 0 Å². The van der Waals surface area contributed by atoms with Gasteiger partial charge in [0.1, 0.15) is 11.6 Å². The Hall–Kier alpha value is -2.62. The normalized spacial score (nSPS) is 10.7. The molecule has 0 amide bonds. The number of aromatic amines is 1. The van der Waals surface area contributed by atoms with Gasteiger partial charge in [0.25, 0.3) is 0 Å². The van der Waals surface area contributed by atoms with Crippen molar-refractivity contribution >= 4 is 0 Å². The van der Waals surface area contributed by atoms with Gasteiger partial charge in [-0.15, -0.1) is 0 Å². The molecule has 1 heterocycles. The molecule has 100 valence electrons. The number of nitrogens with one attached hydrogen (secondary N) is 1. The molecule has 0 aliphatic heterocycles. The zero-order chi connectivity index (χ0) is 14.1. The Morgan fingerprint density at radius 1 is 1.10 bits per heavy atom. The van der Waals surface area contributed by atoms with E-state index in [1.165, 1.54) is 18.2 Å². The van der Waals surface area contributed by atoms with E-state index >= 15 is 0 Å². The quantitative estimate of drug-likeness (QED) is 0.740. The van der Waals surface area contributed by atoms with Gasteiger partial charge in [-0.05, 0) is 37.3 Å². The van der Waals surface area contributed by atoms with Crippen LogP contribution >= 0.6 is 0 Å². The number of H-pyrrole nitrogens is 1. The van der Waals surface area contributed by atoms with Gasteiger partial charge in [0, 0.05) is 11.1 Å². The van der Waals surface area contributed by atoms with Crippen LogP contribution in [0.2, 0.25) is 0 Å². The van der Waals surface area contributed by atoms with Gasteiger partial charge >= 0.3 is 0 Å². The highest BCUT2D eigenvalue weighted by Crippen LogP contribution is 2.30. The van der Waals surface area contributed by atoms with Crippen molar-refractivity contribution in [3.05, 3.63) is 59.9 Å². The minimum Gasteiger partial charge on any atom is -0.507 e. The average Bonchev–Trinajstić information content (AvgIpc) is 2.91. The molecule has 0 unspecified atom stereocenters. The fraction of sp³-hybridized carbons (Fsp3) is 0.0625. The third-order valence-corrected chi connectivity index (χ3v) is 3.14. The van der Waals surface area contributed by atoms with Crippen LogP contribution < -0.4 is 0 Å². The fourth-order valence-electron chi connectivity index (χ4n) is 2.14. The lowest BCUT2D eigenvalue weighted by atomic mass is 10.1. The number of aromatic hydroxyl groups is 1. The second-order valence-corrected chi connectivity index (χ2v) is 4.70. The predicted molar refractivity (Wildman–Crippen MR) is 75.8 cm³/mol. The molecule has 0 aliphatic rings. The first-order valence-corrected chi connectivity index (χ1v) is 6.25. The van der Waals surface area contributed by atoms with E-state index in [1.807, 2.05) is 31.2 Å². The molecule has 0 bridgehead atoms. The van der Waals surface area contributed by atoms with E-state index in [-0.39, 0.29) is 5.75 Å². The molecule has 20 heavy (non-hydrogen) atoms. The number of hydrogen-bond acceptors (Lipinski definition) is 2. The number of rotatable bonds is 2. The van der Waals surface area contributed by atoms with E-state index in [9.17, 15) is 9.50 Å². The van der Waals surface area contributed by atoms with Crippen LogP contribution in [0.25, 0.3) is 22.5 Å². The Bertz CT molecular complexity index is 765.